The molecule has 0 saturated carbocycles. The van der Waals surface area contributed by atoms with Crippen molar-refractivity contribution in [3.05, 3.63) is 53.6 Å². The molecule has 0 aromatic heterocycles. The minimum atomic E-state index is -1.88. The number of carbonyl (C=O) groups excluding carboxylic acids is 5. The molecule has 3 aliphatic rings. The monoisotopic (exact) mass is 830 g/mol. The van der Waals surface area contributed by atoms with Crippen LogP contribution in [-0.4, -0.2) is 114 Å². The van der Waals surface area contributed by atoms with E-state index in [1.807, 2.05) is 6.07 Å². The Morgan fingerprint density at radius 3 is 2.27 bits per heavy atom. The van der Waals surface area contributed by atoms with Crippen LogP contribution in [0.2, 0.25) is 0 Å². The van der Waals surface area contributed by atoms with E-state index in [2.05, 4.69) is 6.92 Å². The number of benzene rings is 1. The molecule has 1 aromatic rings. The van der Waals surface area contributed by atoms with Gasteiger partial charge in [0.05, 0.1) is 18.6 Å². The molecule has 0 amide bonds. The molecule has 59 heavy (non-hydrogen) atoms. The van der Waals surface area contributed by atoms with Crippen molar-refractivity contribution in [3.63, 3.8) is 0 Å². The van der Waals surface area contributed by atoms with Crippen LogP contribution in [0.3, 0.4) is 0 Å². The molecule has 4 rings (SSSR count). The highest BCUT2D eigenvalue weighted by Gasteiger charge is 2.55. The topological polar surface area (TPSA) is 200 Å². The number of aliphatic hydroxyl groups is 2. The summed E-state index contributed by atoms with van der Waals surface area (Å²) < 4.78 is 48.0. The summed E-state index contributed by atoms with van der Waals surface area (Å²) in [7, 11) is 0. The number of hydrogen-bond donors (Lipinski definition) is 2. The third-order valence-electron chi connectivity index (χ3n) is 10.6. The zero-order valence-electron chi connectivity index (χ0n) is 34.9. The lowest BCUT2D eigenvalue weighted by Crippen LogP contribution is -2.65. The average molecular weight is 831 g/mol. The number of esters is 4. The van der Waals surface area contributed by atoms with Crippen LogP contribution in [0.5, 0.6) is 0 Å². The predicted molar refractivity (Wildman–Crippen MR) is 212 cm³/mol. The van der Waals surface area contributed by atoms with Gasteiger partial charge in [-0.05, 0) is 51.7 Å². The van der Waals surface area contributed by atoms with Gasteiger partial charge in [0.25, 0.3) is 0 Å². The summed E-state index contributed by atoms with van der Waals surface area (Å²) in [5.74, 6) is -3.23. The van der Waals surface area contributed by atoms with E-state index < -0.39 is 91.9 Å². The fourth-order valence-corrected chi connectivity index (χ4v) is 7.17. The van der Waals surface area contributed by atoms with Crippen LogP contribution in [0.15, 0.2) is 48.1 Å². The van der Waals surface area contributed by atoms with Crippen molar-refractivity contribution >= 4 is 35.7 Å². The number of cyclic esters (lactones) is 1. The smallest absolute Gasteiger partial charge is 0.333 e. The Labute approximate surface area is 346 Å². The summed E-state index contributed by atoms with van der Waals surface area (Å²) in [5, 5.41) is 23.8. The second kappa shape index (κ2) is 24.3. The molecule has 15 nitrogen and oxygen atoms in total. The lowest BCUT2D eigenvalue weighted by atomic mass is 9.96. The molecule has 3 fully saturated rings. The molecule has 3 heterocycles. The quantitative estimate of drug-likeness (QED) is 0.135. The van der Waals surface area contributed by atoms with Crippen LogP contribution in [0.1, 0.15) is 117 Å². The summed E-state index contributed by atoms with van der Waals surface area (Å²) in [5.41, 5.74) is 0.872. The van der Waals surface area contributed by atoms with Gasteiger partial charge < -0.3 is 48.1 Å². The minimum Gasteiger partial charge on any atom is -0.463 e. The number of Topliss-reactive ketones (excluding diaryl/α,β-unsaturated/α-hetero) is 1. The van der Waals surface area contributed by atoms with Gasteiger partial charge in [0, 0.05) is 31.4 Å². The Morgan fingerprint density at radius 2 is 1.56 bits per heavy atom. The third kappa shape index (κ3) is 14.9. The highest BCUT2D eigenvalue weighted by Crippen LogP contribution is 2.34. The average Bonchev–Trinajstić information content (AvgIpc) is 3.21. The lowest BCUT2D eigenvalue weighted by molar-refractivity contribution is -0.369. The van der Waals surface area contributed by atoms with Gasteiger partial charge in [-0.25, -0.2) is 9.59 Å². The summed E-state index contributed by atoms with van der Waals surface area (Å²) in [6, 6.07) is 8.91. The van der Waals surface area contributed by atoms with E-state index in [0.717, 1.165) is 44.6 Å². The largest absolute Gasteiger partial charge is 0.463 e. The van der Waals surface area contributed by atoms with Crippen molar-refractivity contribution in [3.8, 4) is 0 Å². The highest BCUT2D eigenvalue weighted by atomic mass is 16.8. The maximum absolute atomic E-state index is 13.4. The number of unbranched alkanes of at least 4 members (excludes halogenated alkanes) is 2. The van der Waals surface area contributed by atoms with E-state index in [4.69, 9.17) is 37.9 Å². The van der Waals surface area contributed by atoms with E-state index in [-0.39, 0.29) is 30.3 Å². The maximum Gasteiger partial charge on any atom is 0.333 e. The van der Waals surface area contributed by atoms with Gasteiger partial charge in [0.1, 0.15) is 36.8 Å². The molecule has 328 valence electrons. The van der Waals surface area contributed by atoms with Crippen LogP contribution in [-0.2, 0) is 61.9 Å². The van der Waals surface area contributed by atoms with E-state index >= 15 is 0 Å². The summed E-state index contributed by atoms with van der Waals surface area (Å²) in [6.45, 7) is 7.47. The molecular formula is C44H62O15. The Bertz CT molecular complexity index is 1580. The molecule has 3 saturated heterocycles. The second-order valence-corrected chi connectivity index (χ2v) is 15.3. The lowest BCUT2D eigenvalue weighted by Gasteiger charge is -2.47. The zero-order valence-corrected chi connectivity index (χ0v) is 34.9. The van der Waals surface area contributed by atoms with Crippen molar-refractivity contribution in [2.45, 2.75) is 179 Å². The molecule has 0 spiro atoms. The van der Waals surface area contributed by atoms with Gasteiger partial charge in [-0.3, -0.25) is 14.4 Å². The molecule has 11 atom stereocenters. The number of hydrogen-bond acceptors (Lipinski definition) is 15. The number of allylic oxidation sites excluding steroid dienone is 1. The Kier molecular flexibility index (Phi) is 19.6. The van der Waals surface area contributed by atoms with Crippen molar-refractivity contribution in [2.24, 2.45) is 0 Å². The molecule has 3 aliphatic heterocycles. The molecule has 2 N–H and O–H groups in total. The third-order valence-corrected chi connectivity index (χ3v) is 10.6. The maximum atomic E-state index is 13.4. The van der Waals surface area contributed by atoms with Gasteiger partial charge in [0.2, 0.25) is 0 Å². The van der Waals surface area contributed by atoms with Crippen molar-refractivity contribution in [2.75, 3.05) is 6.61 Å². The number of ether oxygens (including phenoxy) is 8. The van der Waals surface area contributed by atoms with Crippen LogP contribution >= 0.6 is 0 Å². The van der Waals surface area contributed by atoms with Crippen molar-refractivity contribution in [1.82, 2.24) is 0 Å². The predicted octanol–water partition coefficient (Wildman–Crippen LogP) is 5.21. The van der Waals surface area contributed by atoms with Gasteiger partial charge in [-0.15, -0.1) is 0 Å². The molecule has 0 radical (unpaired) electrons. The normalized spacial score (nSPS) is 32.0. The highest BCUT2D eigenvalue weighted by molar-refractivity contribution is 5.88. The molecule has 15 heteroatoms. The fourth-order valence-electron chi connectivity index (χ4n) is 7.17. The number of carbonyl (C=O) groups is 5. The molecule has 2 bridgehead atoms. The van der Waals surface area contributed by atoms with Gasteiger partial charge in [-0.2, -0.15) is 0 Å². The van der Waals surface area contributed by atoms with Crippen LogP contribution in [0.25, 0.3) is 6.08 Å². The standard InChI is InChI=1S/C44H62O15/c1-6-8-12-20-32-21-16-10-9-15-19-31(46)23-25-34(47)52-26-33-39(58-42(51)27(3)7-2)40(57-35(48)24-22-30-17-13-11-14-18-30)37(50)43(56-33)59-41-36(49)38(54-29(5)45)28(4)53-44(41)55-32/h7,11,13-14,17-18,22,24,28,32-33,36-41,43-44,49-50H,6,8-10,12,15-16,19-21,23,25-26H2,1-5H3/b24-22+,27-7+/t28-,32+,33-,36+,37-,38+,39-,40-,41-,43+,44+/m1/s1. The van der Waals surface area contributed by atoms with Crippen molar-refractivity contribution < 1.29 is 72.1 Å². The van der Waals surface area contributed by atoms with Crippen LogP contribution in [0, 0.1) is 0 Å². The molecule has 0 aliphatic carbocycles. The first-order valence-electron chi connectivity index (χ1n) is 20.9. The van der Waals surface area contributed by atoms with Crippen LogP contribution in [0.4, 0.5) is 0 Å². The first kappa shape index (κ1) is 47.7. The van der Waals surface area contributed by atoms with E-state index in [0.29, 0.717) is 31.2 Å². The van der Waals surface area contributed by atoms with Gasteiger partial charge >= 0.3 is 23.9 Å². The van der Waals surface area contributed by atoms with E-state index in [1.165, 1.54) is 26.0 Å². The first-order valence-corrected chi connectivity index (χ1v) is 20.9. The molecular weight excluding hydrogens is 768 g/mol. The Balaban J connectivity index is 1.75. The minimum absolute atomic E-state index is 0.0298. The van der Waals surface area contributed by atoms with E-state index in [9.17, 15) is 34.2 Å². The number of rotatable bonds is 10. The van der Waals surface area contributed by atoms with Crippen molar-refractivity contribution in [1.29, 1.82) is 0 Å². The van der Waals surface area contributed by atoms with E-state index in [1.54, 1.807) is 38.1 Å². The number of fused-ring (bicyclic) bond motifs is 3. The summed E-state index contributed by atoms with van der Waals surface area (Å²) in [4.78, 5) is 64.4. The number of aliphatic hydroxyl groups excluding tert-OH is 2. The molecule has 1 aromatic carbocycles. The number of ketones is 1. The summed E-state index contributed by atoms with van der Waals surface area (Å²) >= 11 is 0. The van der Waals surface area contributed by atoms with Crippen LogP contribution < -0.4 is 0 Å². The Hall–Kier alpha value is -3.99. The SMILES string of the molecule is C/C=C(\C)C(=O)O[C@H]1[C@H](OC(=O)/C=C/c2ccccc2)[C@@H](O)[C@@H]2O[C@H]3[C@H](O[C@@H](CCCCC)CCCCCCC(=O)CCC(=O)OC[C@H]1O2)O[C@H](C)[C@H](OC(C)=O)[C@@H]3O. The summed E-state index contributed by atoms with van der Waals surface area (Å²) in [6.07, 6.45) is -3.46. The molecule has 0 unspecified atom stereocenters. The van der Waals surface area contributed by atoms with Gasteiger partial charge in [0.15, 0.2) is 30.9 Å². The van der Waals surface area contributed by atoms with Gasteiger partial charge in [-0.1, -0.05) is 81.9 Å². The fraction of sp³-hybridized carbons (Fsp3) is 0.659. The second-order valence-electron chi connectivity index (χ2n) is 15.3. The first-order chi connectivity index (χ1) is 28.3. The zero-order chi connectivity index (χ0) is 42.9. The Morgan fingerprint density at radius 1 is 0.814 bits per heavy atom.